The van der Waals surface area contributed by atoms with Crippen molar-refractivity contribution in [3.63, 3.8) is 0 Å². The van der Waals surface area contributed by atoms with E-state index in [9.17, 15) is 4.79 Å². The molecule has 0 atom stereocenters. The number of methoxy groups -OCH3 is 2. The fraction of sp³-hybridized carbons (Fsp3) is 0.364. The fourth-order valence-electron chi connectivity index (χ4n) is 1.25. The van der Waals surface area contributed by atoms with Gasteiger partial charge in [-0.2, -0.15) is 0 Å². The number of ether oxygens (including phenoxy) is 2. The van der Waals surface area contributed by atoms with Crippen LogP contribution in [0.4, 0.5) is 0 Å². The summed E-state index contributed by atoms with van der Waals surface area (Å²) >= 11 is 5.49. The van der Waals surface area contributed by atoms with E-state index in [1.165, 1.54) is 7.11 Å². The number of carbonyl (C=O) groups is 1. The molecule has 0 bridgehead atoms. The molecule has 0 radical (unpaired) electrons. The van der Waals surface area contributed by atoms with Crippen LogP contribution in [0.5, 0.6) is 11.5 Å². The third-order valence-corrected chi connectivity index (χ3v) is 2.22. The Labute approximate surface area is 99.5 Å². The van der Waals surface area contributed by atoms with E-state index in [2.05, 4.69) is 5.32 Å². The Morgan fingerprint density at radius 2 is 2.12 bits per heavy atom. The number of hydrogen-bond donors (Lipinski definition) is 1. The van der Waals surface area contributed by atoms with Crippen LogP contribution in [0.2, 0.25) is 0 Å². The number of carbonyl (C=O) groups excluding carboxylic acids is 1. The molecule has 0 spiro atoms. The summed E-state index contributed by atoms with van der Waals surface area (Å²) in [5.74, 6) is 1.26. The van der Waals surface area contributed by atoms with Crippen LogP contribution in [0, 0.1) is 0 Å². The lowest BCUT2D eigenvalue weighted by atomic mass is 10.1. The second-order valence-electron chi connectivity index (χ2n) is 3.01. The first-order valence-corrected chi connectivity index (χ1v) is 5.32. The van der Waals surface area contributed by atoms with Gasteiger partial charge in [0.05, 0.1) is 19.8 Å². The van der Waals surface area contributed by atoms with Crippen molar-refractivity contribution in [1.82, 2.24) is 5.32 Å². The average molecular weight is 244 g/mol. The van der Waals surface area contributed by atoms with Crippen molar-refractivity contribution in [3.8, 4) is 11.5 Å². The van der Waals surface area contributed by atoms with E-state index < -0.39 is 0 Å². The summed E-state index contributed by atoms with van der Waals surface area (Å²) in [5.41, 5.74) is 0.437. The van der Waals surface area contributed by atoms with Crippen molar-refractivity contribution in [2.75, 3.05) is 26.6 Å². The second-order valence-corrected chi connectivity index (χ2v) is 3.39. The minimum atomic E-state index is -0.226. The molecule has 0 unspecified atom stereocenters. The molecule has 0 aliphatic carbocycles. The van der Waals surface area contributed by atoms with Crippen molar-refractivity contribution in [2.45, 2.75) is 0 Å². The molecule has 0 aromatic heterocycles. The Morgan fingerprint density at radius 3 is 2.69 bits per heavy atom. The number of rotatable bonds is 5. The van der Waals surface area contributed by atoms with Crippen LogP contribution < -0.4 is 14.8 Å². The third-order valence-electron chi connectivity index (χ3n) is 2.03. The Bertz CT molecular complexity index is 368. The Morgan fingerprint density at radius 1 is 1.38 bits per heavy atom. The van der Waals surface area contributed by atoms with Gasteiger partial charge in [-0.1, -0.05) is 0 Å². The van der Waals surface area contributed by atoms with Gasteiger partial charge >= 0.3 is 0 Å². The van der Waals surface area contributed by atoms with Gasteiger partial charge < -0.3 is 14.8 Å². The smallest absolute Gasteiger partial charge is 0.255 e. The second kappa shape index (κ2) is 6.23. The van der Waals surface area contributed by atoms with Crippen LogP contribution in [0.3, 0.4) is 0 Å². The fourth-order valence-corrected chi connectivity index (χ4v) is 1.34. The predicted molar refractivity (Wildman–Crippen MR) is 62.6 cm³/mol. The normalized spacial score (nSPS) is 9.69. The lowest BCUT2D eigenvalue weighted by molar-refractivity contribution is 0.0952. The van der Waals surface area contributed by atoms with Crippen molar-refractivity contribution in [3.05, 3.63) is 23.8 Å². The van der Waals surface area contributed by atoms with Crippen molar-refractivity contribution < 1.29 is 14.3 Å². The molecule has 5 heteroatoms. The molecule has 0 saturated carbocycles. The highest BCUT2D eigenvalue weighted by molar-refractivity contribution is 6.18. The summed E-state index contributed by atoms with van der Waals surface area (Å²) in [6.07, 6.45) is 0. The van der Waals surface area contributed by atoms with E-state index in [4.69, 9.17) is 21.1 Å². The minimum Gasteiger partial charge on any atom is -0.497 e. The summed E-state index contributed by atoms with van der Waals surface area (Å²) in [4.78, 5) is 11.7. The molecule has 0 aliphatic rings. The van der Waals surface area contributed by atoms with Crippen LogP contribution in [0.15, 0.2) is 18.2 Å². The van der Waals surface area contributed by atoms with Gasteiger partial charge in [-0.05, 0) is 18.2 Å². The highest BCUT2D eigenvalue weighted by Gasteiger charge is 2.12. The van der Waals surface area contributed by atoms with E-state index in [1.807, 2.05) is 0 Å². The highest BCUT2D eigenvalue weighted by Crippen LogP contribution is 2.23. The molecule has 0 fully saturated rings. The van der Waals surface area contributed by atoms with Crippen LogP contribution in [-0.4, -0.2) is 32.6 Å². The first-order chi connectivity index (χ1) is 7.72. The predicted octanol–water partition coefficient (Wildman–Crippen LogP) is 1.67. The molecule has 1 aromatic carbocycles. The van der Waals surface area contributed by atoms with Gasteiger partial charge in [-0.15, -0.1) is 11.6 Å². The zero-order valence-electron chi connectivity index (χ0n) is 9.25. The molecule has 1 N–H and O–H groups in total. The number of nitrogens with one attached hydrogen (secondary N) is 1. The number of hydrogen-bond acceptors (Lipinski definition) is 3. The molecule has 0 aliphatic heterocycles. The maximum absolute atomic E-state index is 11.7. The van der Waals surface area contributed by atoms with E-state index >= 15 is 0 Å². The zero-order valence-corrected chi connectivity index (χ0v) is 10.0. The standard InChI is InChI=1S/C11H14ClNO3/c1-15-8-3-4-10(16-2)9(7-8)11(14)13-6-5-12/h3-4,7H,5-6H2,1-2H3,(H,13,14). The van der Waals surface area contributed by atoms with Gasteiger partial charge in [-0.3, -0.25) is 4.79 Å². The summed E-state index contributed by atoms with van der Waals surface area (Å²) in [6, 6.07) is 5.05. The molecule has 4 nitrogen and oxygen atoms in total. The van der Waals surface area contributed by atoms with E-state index in [0.717, 1.165) is 0 Å². The quantitative estimate of drug-likeness (QED) is 0.801. The lowest BCUT2D eigenvalue weighted by Gasteiger charge is -2.10. The lowest BCUT2D eigenvalue weighted by Crippen LogP contribution is -2.25. The molecule has 88 valence electrons. The van der Waals surface area contributed by atoms with Crippen molar-refractivity contribution in [2.24, 2.45) is 0 Å². The Hall–Kier alpha value is -1.42. The highest BCUT2D eigenvalue weighted by atomic mass is 35.5. The van der Waals surface area contributed by atoms with Gasteiger partial charge in [0.1, 0.15) is 11.5 Å². The monoisotopic (exact) mass is 243 g/mol. The Balaban J connectivity index is 2.94. The first kappa shape index (κ1) is 12.6. The van der Waals surface area contributed by atoms with Crippen molar-refractivity contribution >= 4 is 17.5 Å². The van der Waals surface area contributed by atoms with Gasteiger partial charge in [0.25, 0.3) is 5.91 Å². The maximum Gasteiger partial charge on any atom is 0.255 e. The number of alkyl halides is 1. The van der Waals surface area contributed by atoms with Crippen LogP contribution >= 0.6 is 11.6 Å². The zero-order chi connectivity index (χ0) is 12.0. The van der Waals surface area contributed by atoms with Crippen molar-refractivity contribution in [1.29, 1.82) is 0 Å². The van der Waals surface area contributed by atoms with Crippen LogP contribution in [0.1, 0.15) is 10.4 Å². The van der Waals surface area contributed by atoms with Gasteiger partial charge in [0.15, 0.2) is 0 Å². The molecule has 16 heavy (non-hydrogen) atoms. The number of amides is 1. The van der Waals surface area contributed by atoms with E-state index in [-0.39, 0.29) is 5.91 Å². The molecule has 1 amide bonds. The molecule has 1 rings (SSSR count). The SMILES string of the molecule is COc1ccc(OC)c(C(=O)NCCCl)c1. The molecular formula is C11H14ClNO3. The summed E-state index contributed by atoms with van der Waals surface area (Å²) in [5, 5.41) is 2.67. The first-order valence-electron chi connectivity index (χ1n) is 4.79. The molecule has 0 heterocycles. The molecular weight excluding hydrogens is 230 g/mol. The van der Waals surface area contributed by atoms with Gasteiger partial charge in [-0.25, -0.2) is 0 Å². The molecule has 0 saturated heterocycles. The van der Waals surface area contributed by atoms with Crippen LogP contribution in [0.25, 0.3) is 0 Å². The van der Waals surface area contributed by atoms with Crippen LogP contribution in [-0.2, 0) is 0 Å². The van der Waals surface area contributed by atoms with Gasteiger partial charge in [0.2, 0.25) is 0 Å². The van der Waals surface area contributed by atoms with Gasteiger partial charge in [0, 0.05) is 12.4 Å². The number of halogens is 1. The number of benzene rings is 1. The van der Waals surface area contributed by atoms with E-state index in [0.29, 0.717) is 29.5 Å². The van der Waals surface area contributed by atoms with E-state index in [1.54, 1.807) is 25.3 Å². The average Bonchev–Trinajstić information content (AvgIpc) is 2.35. The summed E-state index contributed by atoms with van der Waals surface area (Å²) in [7, 11) is 3.06. The summed E-state index contributed by atoms with van der Waals surface area (Å²) < 4.78 is 10.1. The largest absolute Gasteiger partial charge is 0.497 e. The maximum atomic E-state index is 11.7. The Kier molecular flexibility index (Phi) is 4.92. The minimum absolute atomic E-state index is 0.226. The third kappa shape index (κ3) is 3.03. The summed E-state index contributed by atoms with van der Waals surface area (Å²) in [6.45, 7) is 0.417. The topological polar surface area (TPSA) is 47.6 Å². The molecule has 1 aromatic rings.